The van der Waals surface area contributed by atoms with Crippen molar-refractivity contribution < 1.29 is 13.6 Å². The molecule has 0 heterocycles. The summed E-state index contributed by atoms with van der Waals surface area (Å²) in [7, 11) is 0. The van der Waals surface area contributed by atoms with Gasteiger partial charge >= 0.3 is 137 Å². The van der Waals surface area contributed by atoms with E-state index in [0.29, 0.717) is 0 Å². The van der Waals surface area contributed by atoms with E-state index in [1.165, 1.54) is 0 Å². The molecule has 21 heavy (non-hydrogen) atoms. The number of hydrogen-bond donors (Lipinski definition) is 0. The Hall–Kier alpha value is -0.430. The predicted octanol–water partition coefficient (Wildman–Crippen LogP) is 4.88. The Morgan fingerprint density at radius 3 is 1.00 bits per heavy atom. The van der Waals surface area contributed by atoms with Crippen molar-refractivity contribution in [1.82, 2.24) is 0 Å². The third-order valence-corrected chi connectivity index (χ3v) is 5.63. The molecular weight excluding hydrogens is 330 g/mol. The van der Waals surface area contributed by atoms with Gasteiger partial charge in [-0.3, -0.25) is 0 Å². The zero-order valence-electron chi connectivity index (χ0n) is 13.2. The van der Waals surface area contributed by atoms with Crippen LogP contribution in [-0.4, -0.2) is 16.8 Å². The van der Waals surface area contributed by atoms with Crippen LogP contribution in [-0.2, 0) is 13.6 Å². The second-order valence-electron chi connectivity index (χ2n) is 5.94. The molecule has 3 nitrogen and oxygen atoms in total. The summed E-state index contributed by atoms with van der Waals surface area (Å²) < 4.78 is 16.9. The molecule has 0 N–H and O–H groups in total. The molecule has 0 amide bonds. The number of halogens is 2. The van der Waals surface area contributed by atoms with Crippen molar-refractivity contribution in [3.05, 3.63) is 0 Å². The molecule has 118 valence electrons. The van der Waals surface area contributed by atoms with Crippen LogP contribution in [0.3, 0.4) is 0 Å². The van der Waals surface area contributed by atoms with Gasteiger partial charge in [0.15, 0.2) is 0 Å². The van der Waals surface area contributed by atoms with E-state index in [1.807, 2.05) is 0 Å². The van der Waals surface area contributed by atoms with Gasteiger partial charge in [-0.25, -0.2) is 0 Å². The van der Waals surface area contributed by atoms with Gasteiger partial charge in [0.1, 0.15) is 0 Å². The third kappa shape index (κ3) is 6.91. The van der Waals surface area contributed by atoms with E-state index in [0.717, 1.165) is 0 Å². The zero-order valence-corrected chi connectivity index (χ0v) is 15.6. The summed E-state index contributed by atoms with van der Waals surface area (Å²) in [5.74, 6) is 2.53. The summed E-state index contributed by atoms with van der Waals surface area (Å²) in [6.45, 7) is 9.57. The van der Waals surface area contributed by atoms with E-state index in [2.05, 4.69) is 17.8 Å². The molecule has 0 atom stereocenters. The molecule has 0 aliphatic rings. The molecule has 0 aliphatic carbocycles. The van der Waals surface area contributed by atoms with Crippen molar-refractivity contribution in [2.45, 2.75) is 58.3 Å². The van der Waals surface area contributed by atoms with Gasteiger partial charge in [-0.05, 0) is 0 Å². The molecule has 0 aromatic heterocycles. The van der Waals surface area contributed by atoms with Gasteiger partial charge in [0.05, 0.1) is 0 Å². The summed E-state index contributed by atoms with van der Waals surface area (Å²) in [6, 6.07) is 0. The van der Waals surface area contributed by atoms with E-state index >= 15 is 0 Å². The van der Waals surface area contributed by atoms with E-state index in [1.54, 1.807) is 41.5 Å². The second-order valence-corrected chi connectivity index (χ2v) is 11.9. The molecule has 0 radical (unpaired) electrons. The summed E-state index contributed by atoms with van der Waals surface area (Å²) in [4.78, 5) is 0. The molecule has 0 aromatic carbocycles. The van der Waals surface area contributed by atoms with Crippen LogP contribution < -0.4 is 0 Å². The van der Waals surface area contributed by atoms with Crippen molar-refractivity contribution in [2.75, 3.05) is 0 Å². The fraction of sp³-hybridized carbons (Fsp3) is 0.600. The van der Waals surface area contributed by atoms with Crippen LogP contribution in [0, 0.1) is 37.0 Å². The minimum absolute atomic E-state index is 1.14. The molecule has 0 rings (SSSR count). The quantitative estimate of drug-likeness (QED) is 0.504. The summed E-state index contributed by atoms with van der Waals surface area (Å²) in [5, 5.41) is 0. The maximum absolute atomic E-state index is 6.43. The van der Waals surface area contributed by atoms with Crippen molar-refractivity contribution in [2.24, 2.45) is 0 Å². The van der Waals surface area contributed by atoms with Crippen molar-refractivity contribution >= 4 is 28.5 Å². The standard InChI is InChI=1S/C15H21Cl2O3P/c1-10-13(4,5)18-21(16,17,19-14(6,7)11-2)20-15(8,9)12-3/h1-3H,4-9H3. The molecule has 0 bridgehead atoms. The Morgan fingerprint density at radius 2 is 0.857 bits per heavy atom. The topological polar surface area (TPSA) is 27.7 Å². The van der Waals surface area contributed by atoms with Gasteiger partial charge in [-0.1, -0.05) is 0 Å². The molecular formula is C15H21Cl2O3P. The molecule has 0 fully saturated rings. The van der Waals surface area contributed by atoms with E-state index in [-0.39, 0.29) is 0 Å². The van der Waals surface area contributed by atoms with Crippen LogP contribution in [0.4, 0.5) is 0 Å². The fourth-order valence-corrected chi connectivity index (χ4v) is 6.74. The van der Waals surface area contributed by atoms with Gasteiger partial charge in [0.25, 0.3) is 0 Å². The number of hydrogen-bond acceptors (Lipinski definition) is 3. The van der Waals surface area contributed by atoms with Crippen LogP contribution in [0.5, 0.6) is 0 Å². The number of terminal acetylenes is 3. The third-order valence-electron chi connectivity index (χ3n) is 2.16. The summed E-state index contributed by atoms with van der Waals surface area (Å²) in [6.07, 6.45) is 16.2. The van der Waals surface area contributed by atoms with Gasteiger partial charge in [0, 0.05) is 0 Å². The molecule has 0 aromatic rings. The first-order valence-corrected chi connectivity index (χ1v) is 9.91. The van der Waals surface area contributed by atoms with Gasteiger partial charge in [-0.15, -0.1) is 0 Å². The van der Waals surface area contributed by atoms with Crippen molar-refractivity contribution in [3.63, 3.8) is 0 Å². The summed E-state index contributed by atoms with van der Waals surface area (Å²) >= 11 is 12.9. The molecule has 0 aliphatic heterocycles. The van der Waals surface area contributed by atoms with Crippen molar-refractivity contribution in [3.8, 4) is 37.0 Å². The van der Waals surface area contributed by atoms with E-state index in [4.69, 9.17) is 55.3 Å². The minimum atomic E-state index is -4.69. The molecule has 0 saturated heterocycles. The van der Waals surface area contributed by atoms with Crippen molar-refractivity contribution in [1.29, 1.82) is 0 Å². The number of rotatable bonds is 6. The normalized spacial score (nSPS) is 15.2. The maximum atomic E-state index is 6.43. The van der Waals surface area contributed by atoms with Crippen LogP contribution >= 0.6 is 28.5 Å². The Morgan fingerprint density at radius 1 is 0.667 bits per heavy atom. The average Bonchev–Trinajstić information content (AvgIpc) is 2.25. The second kappa shape index (κ2) is 5.99. The van der Waals surface area contributed by atoms with Crippen LogP contribution in [0.1, 0.15) is 41.5 Å². The van der Waals surface area contributed by atoms with Crippen LogP contribution in [0.25, 0.3) is 0 Å². The predicted molar refractivity (Wildman–Crippen MR) is 90.6 cm³/mol. The Kier molecular flexibility index (Phi) is 5.87. The van der Waals surface area contributed by atoms with Gasteiger partial charge in [-0.2, -0.15) is 0 Å². The van der Waals surface area contributed by atoms with E-state index in [9.17, 15) is 0 Å². The Bertz CT molecular complexity index is 455. The van der Waals surface area contributed by atoms with Crippen LogP contribution in [0.15, 0.2) is 0 Å². The first kappa shape index (κ1) is 20.6. The fourth-order valence-electron chi connectivity index (χ4n) is 1.21. The SMILES string of the molecule is C#CC(C)(C)OP(Cl)(Cl)(OC(C)(C)C#C)OC(C)(C)C#C. The Labute approximate surface area is 137 Å². The first-order chi connectivity index (χ1) is 9.09. The molecule has 6 heteroatoms. The summed E-state index contributed by atoms with van der Waals surface area (Å²) in [5.41, 5.74) is -3.43. The average molecular weight is 351 g/mol. The van der Waals surface area contributed by atoms with Crippen LogP contribution in [0.2, 0.25) is 0 Å². The first-order valence-electron chi connectivity index (χ1n) is 6.11. The monoisotopic (exact) mass is 350 g/mol. The molecule has 0 unspecified atom stereocenters. The zero-order chi connectivity index (χ0) is 17.2. The molecule has 0 saturated carbocycles. The van der Waals surface area contributed by atoms with Gasteiger partial charge < -0.3 is 0 Å². The Balaban J connectivity index is 5.85. The van der Waals surface area contributed by atoms with E-state index < -0.39 is 22.8 Å². The molecule has 0 spiro atoms. The van der Waals surface area contributed by atoms with Gasteiger partial charge in [0.2, 0.25) is 0 Å².